The van der Waals surface area contributed by atoms with Gasteiger partial charge in [0.25, 0.3) is 0 Å². The van der Waals surface area contributed by atoms with Crippen LogP contribution in [0.5, 0.6) is 5.75 Å². The maximum Gasteiger partial charge on any atom is 0.414 e. The number of hydrogen-bond acceptors (Lipinski definition) is 9. The summed E-state index contributed by atoms with van der Waals surface area (Å²) in [6.07, 6.45) is 0.964. The van der Waals surface area contributed by atoms with Crippen molar-refractivity contribution in [3.8, 4) is 5.75 Å². The van der Waals surface area contributed by atoms with Gasteiger partial charge in [0.2, 0.25) is 5.91 Å². The predicted octanol–water partition coefficient (Wildman–Crippen LogP) is 2.49. The largest absolute Gasteiger partial charge is 0.497 e. The first-order valence-corrected chi connectivity index (χ1v) is 12.4. The number of aromatic nitrogens is 2. The van der Waals surface area contributed by atoms with Crippen LogP contribution in [-0.2, 0) is 9.53 Å². The Morgan fingerprint density at radius 1 is 1.17 bits per heavy atom. The molecule has 0 radical (unpaired) electrons. The number of hydrogen-bond donors (Lipinski definition) is 2. The van der Waals surface area contributed by atoms with E-state index in [9.17, 15) is 9.59 Å². The Hall–Kier alpha value is -3.57. The molecule has 2 saturated heterocycles. The number of thioether (sulfide) groups is 1. The zero-order valence-corrected chi connectivity index (χ0v) is 19.9. The molecule has 180 valence electrons. The minimum Gasteiger partial charge on any atom is -0.497 e. The fourth-order valence-electron chi connectivity index (χ4n) is 4.56. The van der Waals surface area contributed by atoms with Gasteiger partial charge in [0.15, 0.2) is 0 Å². The summed E-state index contributed by atoms with van der Waals surface area (Å²) >= 11 is 1.50. The summed E-state index contributed by atoms with van der Waals surface area (Å²) in [5, 5.41) is 7.34. The summed E-state index contributed by atoms with van der Waals surface area (Å²) in [5.41, 5.74) is 2.34. The summed E-state index contributed by atoms with van der Waals surface area (Å²) in [6.45, 7) is 2.63. The van der Waals surface area contributed by atoms with Crippen LogP contribution in [-0.4, -0.2) is 73.2 Å². The number of amides is 2. The average molecular weight is 493 g/mol. The van der Waals surface area contributed by atoms with Crippen molar-refractivity contribution in [2.24, 2.45) is 0 Å². The molecule has 11 heteroatoms. The van der Waals surface area contributed by atoms with E-state index in [2.05, 4.69) is 25.5 Å². The number of ether oxygens (including phenoxy) is 2. The van der Waals surface area contributed by atoms with Crippen molar-refractivity contribution in [2.45, 2.75) is 17.0 Å². The second-order valence-electron chi connectivity index (χ2n) is 8.72. The Kier molecular flexibility index (Phi) is 5.57. The highest BCUT2D eigenvalue weighted by molar-refractivity contribution is 8.00. The first-order valence-electron chi connectivity index (χ1n) is 11.4. The number of benzene rings is 2. The number of carbonyl (C=O) groups is 2. The molecular formula is C24H24N6O4S. The van der Waals surface area contributed by atoms with Gasteiger partial charge in [-0.05, 0) is 36.4 Å². The Labute approximate surface area is 206 Å². The second-order valence-corrected chi connectivity index (χ2v) is 9.74. The van der Waals surface area contributed by atoms with Crippen LogP contribution >= 0.6 is 11.8 Å². The van der Waals surface area contributed by atoms with Gasteiger partial charge in [0, 0.05) is 41.6 Å². The van der Waals surface area contributed by atoms with Gasteiger partial charge in [-0.1, -0.05) is 0 Å². The third-order valence-electron chi connectivity index (χ3n) is 6.42. The lowest BCUT2D eigenvalue weighted by Crippen LogP contribution is -2.59. The highest BCUT2D eigenvalue weighted by atomic mass is 32.2. The molecule has 0 spiro atoms. The standard InChI is InChI=1S/C24H24N6O4S/c1-33-16-3-4-19-18(7-16)23(27-13-26-19)29-9-14(10-29)25-8-17-11-30(24(32)34-17)15-2-5-21-20(6-15)28-22(31)12-35-21/h2-7,13-14,17,25H,8-12H2,1H3,(H,28,31)/t17-/m1/s1. The van der Waals surface area contributed by atoms with Crippen LogP contribution in [0, 0.1) is 0 Å². The van der Waals surface area contributed by atoms with Crippen molar-refractivity contribution < 1.29 is 19.1 Å². The van der Waals surface area contributed by atoms with Crippen LogP contribution in [0.4, 0.5) is 22.0 Å². The summed E-state index contributed by atoms with van der Waals surface area (Å²) in [6, 6.07) is 11.7. The molecule has 10 nitrogen and oxygen atoms in total. The average Bonchev–Trinajstić information content (AvgIpc) is 3.22. The molecule has 2 aromatic carbocycles. The lowest BCUT2D eigenvalue weighted by molar-refractivity contribution is -0.113. The highest BCUT2D eigenvalue weighted by Crippen LogP contribution is 2.35. The normalized spacial score (nSPS) is 19.9. The smallest absolute Gasteiger partial charge is 0.414 e. The summed E-state index contributed by atoms with van der Waals surface area (Å²) < 4.78 is 10.9. The molecule has 0 saturated carbocycles. The Morgan fingerprint density at radius 2 is 2.06 bits per heavy atom. The molecule has 35 heavy (non-hydrogen) atoms. The first kappa shape index (κ1) is 21.9. The molecule has 3 aliphatic rings. The zero-order chi connectivity index (χ0) is 23.9. The van der Waals surface area contributed by atoms with Crippen LogP contribution < -0.4 is 25.2 Å². The maximum atomic E-state index is 12.5. The van der Waals surface area contributed by atoms with Gasteiger partial charge < -0.3 is 25.0 Å². The van der Waals surface area contributed by atoms with E-state index in [0.717, 1.165) is 51.8 Å². The fourth-order valence-corrected chi connectivity index (χ4v) is 5.35. The molecule has 6 rings (SSSR count). The molecule has 3 aliphatic heterocycles. The Balaban J connectivity index is 1.05. The minimum atomic E-state index is -0.372. The Bertz CT molecular complexity index is 1310. The highest BCUT2D eigenvalue weighted by Gasteiger charge is 2.35. The minimum absolute atomic E-state index is 0.0330. The van der Waals surface area contributed by atoms with Crippen LogP contribution in [0.15, 0.2) is 47.6 Å². The number of cyclic esters (lactones) is 1. The van der Waals surface area contributed by atoms with Gasteiger partial charge in [0.1, 0.15) is 24.0 Å². The topological polar surface area (TPSA) is 109 Å². The van der Waals surface area contributed by atoms with Gasteiger partial charge in [-0.25, -0.2) is 14.8 Å². The van der Waals surface area contributed by atoms with Gasteiger partial charge in [-0.2, -0.15) is 0 Å². The van der Waals surface area contributed by atoms with E-state index in [1.54, 1.807) is 18.3 Å². The van der Waals surface area contributed by atoms with Crippen molar-refractivity contribution in [3.63, 3.8) is 0 Å². The molecular weight excluding hydrogens is 468 g/mol. The van der Waals surface area contributed by atoms with E-state index in [1.165, 1.54) is 11.8 Å². The molecule has 4 heterocycles. The number of nitrogens with one attached hydrogen (secondary N) is 2. The fraction of sp³-hybridized carbons (Fsp3) is 0.333. The number of nitrogens with zero attached hydrogens (tertiary/aromatic N) is 4. The molecule has 1 aromatic heterocycles. The number of fused-ring (bicyclic) bond motifs is 2. The second kappa shape index (κ2) is 8.90. The van der Waals surface area contributed by atoms with E-state index in [-0.39, 0.29) is 24.1 Å². The van der Waals surface area contributed by atoms with E-state index < -0.39 is 0 Å². The SMILES string of the molecule is COc1ccc2ncnc(N3CC(NC[C@@H]4CN(c5ccc6c(c5)NC(=O)CS6)C(=O)O4)C3)c2c1. The monoisotopic (exact) mass is 492 g/mol. The maximum absolute atomic E-state index is 12.5. The molecule has 0 unspecified atom stereocenters. The number of anilines is 3. The molecule has 2 N–H and O–H groups in total. The van der Waals surface area contributed by atoms with Crippen LogP contribution in [0.2, 0.25) is 0 Å². The molecule has 2 amide bonds. The zero-order valence-electron chi connectivity index (χ0n) is 19.1. The summed E-state index contributed by atoms with van der Waals surface area (Å²) in [4.78, 5) is 37.9. The summed E-state index contributed by atoms with van der Waals surface area (Å²) in [5.74, 6) is 2.04. The molecule has 0 aliphatic carbocycles. The van der Waals surface area contributed by atoms with E-state index in [1.807, 2.05) is 36.4 Å². The van der Waals surface area contributed by atoms with Crippen molar-refractivity contribution in [3.05, 3.63) is 42.7 Å². The Morgan fingerprint density at radius 3 is 2.91 bits per heavy atom. The van der Waals surface area contributed by atoms with Crippen LogP contribution in [0.3, 0.4) is 0 Å². The number of methoxy groups -OCH3 is 1. The van der Waals surface area contributed by atoms with E-state index in [4.69, 9.17) is 9.47 Å². The molecule has 2 fully saturated rings. The third-order valence-corrected chi connectivity index (χ3v) is 7.49. The molecule has 1 atom stereocenters. The quantitative estimate of drug-likeness (QED) is 0.536. The van der Waals surface area contributed by atoms with Gasteiger partial charge in [0.05, 0.1) is 30.6 Å². The van der Waals surface area contributed by atoms with Gasteiger partial charge in [-0.3, -0.25) is 9.69 Å². The van der Waals surface area contributed by atoms with Gasteiger partial charge in [-0.15, -0.1) is 11.8 Å². The van der Waals surface area contributed by atoms with E-state index >= 15 is 0 Å². The lowest BCUT2D eigenvalue weighted by atomic mass is 10.1. The van der Waals surface area contributed by atoms with Crippen molar-refractivity contribution >= 4 is 51.9 Å². The van der Waals surface area contributed by atoms with Crippen LogP contribution in [0.25, 0.3) is 10.9 Å². The number of carbonyl (C=O) groups excluding carboxylic acids is 2. The molecule has 3 aromatic rings. The third kappa shape index (κ3) is 4.21. The molecule has 0 bridgehead atoms. The van der Waals surface area contributed by atoms with Crippen LogP contribution in [0.1, 0.15) is 0 Å². The van der Waals surface area contributed by atoms with Crippen molar-refractivity contribution in [1.82, 2.24) is 15.3 Å². The number of rotatable bonds is 6. The first-order chi connectivity index (χ1) is 17.1. The predicted molar refractivity (Wildman–Crippen MR) is 134 cm³/mol. The summed E-state index contributed by atoms with van der Waals surface area (Å²) in [7, 11) is 1.65. The lowest BCUT2D eigenvalue weighted by Gasteiger charge is -2.41. The van der Waals surface area contributed by atoms with E-state index in [0.29, 0.717) is 18.8 Å². The van der Waals surface area contributed by atoms with Gasteiger partial charge >= 0.3 is 6.09 Å². The van der Waals surface area contributed by atoms with Crippen molar-refractivity contribution in [2.75, 3.05) is 54.2 Å². The van der Waals surface area contributed by atoms with Crippen molar-refractivity contribution in [1.29, 1.82) is 0 Å².